The van der Waals surface area contributed by atoms with Gasteiger partial charge in [-0.15, -0.1) is 11.3 Å². The quantitative estimate of drug-likeness (QED) is 0.0603. The summed E-state index contributed by atoms with van der Waals surface area (Å²) in [6.45, 7) is 4.82. The number of para-hydroxylation sites is 1. The molecule has 314 valence electrons. The van der Waals surface area contributed by atoms with E-state index in [0.717, 1.165) is 49.9 Å². The van der Waals surface area contributed by atoms with Crippen LogP contribution in [0.15, 0.2) is 71.5 Å². The Morgan fingerprint density at radius 1 is 1.07 bits per heavy atom. The highest BCUT2D eigenvalue weighted by molar-refractivity contribution is 14.1. The van der Waals surface area contributed by atoms with Gasteiger partial charge in [0.05, 0.1) is 21.0 Å². The van der Waals surface area contributed by atoms with Gasteiger partial charge in [0, 0.05) is 59.7 Å². The number of aliphatic carboxylic acids is 1. The van der Waals surface area contributed by atoms with Crippen LogP contribution in [0.1, 0.15) is 19.6 Å². The second kappa shape index (κ2) is 19.7. The van der Waals surface area contributed by atoms with Crippen molar-refractivity contribution in [2.75, 3.05) is 51.3 Å². The number of halogens is 6. The number of rotatable bonds is 15. The first kappa shape index (κ1) is 41.2. The minimum Gasteiger partial charge on any atom is -0.491 e. The molecule has 1 atom stereocenters. The number of nitrogens with zero attached hydrogens (tertiary/aromatic N) is 6. The van der Waals surface area contributed by atoms with E-state index in [1.165, 1.54) is 42.6 Å². The van der Waals surface area contributed by atoms with Crippen LogP contribution in [0.5, 0.6) is 17.4 Å². The molecule has 1 fully saturated rings. The molecule has 1 unspecified atom stereocenters. The van der Waals surface area contributed by atoms with Crippen LogP contribution in [0, 0.1) is 12.9 Å². The van der Waals surface area contributed by atoms with Gasteiger partial charge in [-0.3, -0.25) is 9.58 Å². The third-order valence-corrected chi connectivity index (χ3v) is 10.9. The Balaban J connectivity index is 0.00000307. The molecule has 12 nitrogen and oxygen atoms in total. The zero-order valence-corrected chi connectivity index (χ0v) is 35.7. The lowest BCUT2D eigenvalue weighted by atomic mass is 9.97. The summed E-state index contributed by atoms with van der Waals surface area (Å²) in [4.78, 5) is 28.8. The molecule has 1 aliphatic rings. The summed E-state index contributed by atoms with van der Waals surface area (Å²) in [5.74, 6) is -1.60. The minimum atomic E-state index is -4.56. The maximum atomic E-state index is 14.3. The normalized spacial score (nSPS) is 14.9. The number of alkyl halides is 4. The van der Waals surface area contributed by atoms with Crippen LogP contribution in [-0.2, 0) is 24.3 Å². The number of ether oxygens (including phenoxy) is 3. The van der Waals surface area contributed by atoms with Crippen molar-refractivity contribution < 1.29 is 48.8 Å². The number of hydrogen-bond acceptors (Lipinski definition) is 11. The molecule has 0 amide bonds. The second-order valence-corrected chi connectivity index (χ2v) is 14.6. The van der Waals surface area contributed by atoms with Gasteiger partial charge < -0.3 is 28.6 Å². The maximum absolute atomic E-state index is 14.3. The molecule has 59 heavy (non-hydrogen) atoms. The van der Waals surface area contributed by atoms with Crippen LogP contribution in [0.3, 0.4) is 0 Å². The van der Waals surface area contributed by atoms with Crippen molar-refractivity contribution in [2.24, 2.45) is 0 Å². The van der Waals surface area contributed by atoms with E-state index >= 15 is 0 Å². The largest absolute Gasteiger partial charge is 0.491 e. The lowest BCUT2D eigenvalue weighted by Gasteiger charge is -2.32. The summed E-state index contributed by atoms with van der Waals surface area (Å²) < 4.78 is 96.0. The van der Waals surface area contributed by atoms with Crippen molar-refractivity contribution in [3.05, 3.63) is 95.0 Å². The summed E-state index contributed by atoms with van der Waals surface area (Å²) in [5, 5.41) is 14.7. The number of piperazine rings is 1. The number of carboxylic acids is 1. The third-order valence-electron chi connectivity index (χ3n) is 9.27. The van der Waals surface area contributed by atoms with E-state index in [0.29, 0.717) is 50.2 Å². The van der Waals surface area contributed by atoms with E-state index in [1.54, 1.807) is 19.1 Å². The van der Waals surface area contributed by atoms with Crippen LogP contribution >= 0.6 is 45.5 Å². The molecule has 1 saturated heterocycles. The van der Waals surface area contributed by atoms with Crippen molar-refractivity contribution >= 4 is 61.7 Å². The van der Waals surface area contributed by atoms with Gasteiger partial charge in [0.15, 0.2) is 0 Å². The van der Waals surface area contributed by atoms with Gasteiger partial charge in [-0.05, 0) is 59.9 Å². The van der Waals surface area contributed by atoms with Gasteiger partial charge in [0.1, 0.15) is 48.2 Å². The van der Waals surface area contributed by atoms with Gasteiger partial charge in [-0.1, -0.05) is 58.5 Å². The Morgan fingerprint density at radius 2 is 1.83 bits per heavy atom. The SMILES string of the molecule is CI.[2H]C([2H])(c1ccccc1OCc1ccnn1CC(F)(F)F)C(Oc1ncnc2sc(-c3ccc(F)o3)c(-c3ccc(OCCN4CCN(C)CC4)c(Cl)c3C)c12)C(=O)O. The molecular weight excluding hydrogens is 931 g/mol. The van der Waals surface area contributed by atoms with Crippen LogP contribution < -0.4 is 14.2 Å². The van der Waals surface area contributed by atoms with Gasteiger partial charge in [0.2, 0.25) is 12.0 Å². The summed E-state index contributed by atoms with van der Waals surface area (Å²) in [7, 11) is 2.08. The fourth-order valence-corrected chi connectivity index (χ4v) is 7.64. The molecule has 2 aromatic carbocycles. The zero-order chi connectivity index (χ0) is 44.1. The predicted octanol–water partition coefficient (Wildman–Crippen LogP) is 8.81. The van der Waals surface area contributed by atoms with Gasteiger partial charge in [-0.25, -0.2) is 14.8 Å². The van der Waals surface area contributed by atoms with Crippen molar-refractivity contribution in [1.29, 1.82) is 0 Å². The zero-order valence-electron chi connectivity index (χ0n) is 33.9. The number of aromatic nitrogens is 4. The number of thiophene rings is 1. The fourth-order valence-electron chi connectivity index (χ4n) is 6.31. The lowest BCUT2D eigenvalue weighted by molar-refractivity contribution is -0.145. The first-order valence-electron chi connectivity index (χ1n) is 19.0. The van der Waals surface area contributed by atoms with E-state index in [4.69, 9.17) is 33.0 Å². The summed E-state index contributed by atoms with van der Waals surface area (Å²) in [5.41, 5.74) is 1.21. The summed E-state index contributed by atoms with van der Waals surface area (Å²) in [6, 6.07) is 12.1. The Hall–Kier alpha value is -4.50. The van der Waals surface area contributed by atoms with Crippen LogP contribution in [-0.4, -0.2) is 104 Å². The molecule has 19 heteroatoms. The van der Waals surface area contributed by atoms with Gasteiger partial charge >= 0.3 is 12.1 Å². The smallest absolute Gasteiger partial charge is 0.408 e. The van der Waals surface area contributed by atoms with Gasteiger partial charge in [-0.2, -0.15) is 22.7 Å². The van der Waals surface area contributed by atoms with E-state index in [9.17, 15) is 27.5 Å². The van der Waals surface area contributed by atoms with Crippen molar-refractivity contribution in [2.45, 2.75) is 38.7 Å². The van der Waals surface area contributed by atoms with Crippen molar-refractivity contribution in [1.82, 2.24) is 29.5 Å². The number of fused-ring (bicyclic) bond motifs is 1. The summed E-state index contributed by atoms with van der Waals surface area (Å²) in [6.07, 6.45) is -7.36. The van der Waals surface area contributed by atoms with Crippen molar-refractivity contribution in [3.63, 3.8) is 0 Å². The van der Waals surface area contributed by atoms with E-state index < -0.39 is 43.8 Å². The third kappa shape index (κ3) is 10.8. The van der Waals surface area contributed by atoms with Crippen molar-refractivity contribution in [3.8, 4) is 39.1 Å². The Bertz CT molecular complexity index is 2460. The molecule has 0 bridgehead atoms. The average molecular weight is 973 g/mol. The van der Waals surface area contributed by atoms with E-state index in [2.05, 4.69) is 54.5 Å². The monoisotopic (exact) mass is 972 g/mol. The topological polar surface area (TPSA) is 128 Å². The number of likely N-dealkylation sites (N-methyl/N-ethyl adjacent to an activating group) is 1. The van der Waals surface area contributed by atoms with Crippen LogP contribution in [0.4, 0.5) is 17.6 Å². The van der Waals surface area contributed by atoms with E-state index in [-0.39, 0.29) is 38.9 Å². The predicted molar refractivity (Wildman–Crippen MR) is 224 cm³/mol. The van der Waals surface area contributed by atoms with E-state index in [1.807, 2.05) is 4.93 Å². The fraction of sp³-hybridized carbons (Fsp3) is 0.350. The highest BCUT2D eigenvalue weighted by Crippen LogP contribution is 2.49. The molecule has 0 radical (unpaired) electrons. The first-order valence-corrected chi connectivity index (χ1v) is 21.4. The molecule has 1 aliphatic heterocycles. The lowest BCUT2D eigenvalue weighted by Crippen LogP contribution is -2.45. The highest BCUT2D eigenvalue weighted by atomic mass is 127. The first-order chi connectivity index (χ1) is 29.1. The molecule has 0 aliphatic carbocycles. The molecule has 4 aromatic heterocycles. The molecular formula is C40H40ClF4IN6O6S. The summed E-state index contributed by atoms with van der Waals surface area (Å²) >= 11 is 10.2. The molecule has 7 rings (SSSR count). The highest BCUT2D eigenvalue weighted by Gasteiger charge is 2.31. The average Bonchev–Trinajstić information content (AvgIpc) is 3.97. The maximum Gasteiger partial charge on any atom is 0.408 e. The number of carboxylic acid groups (broad SMARTS) is 1. The molecule has 6 aromatic rings. The second-order valence-electron chi connectivity index (χ2n) is 13.2. The Kier molecular flexibility index (Phi) is 13.8. The van der Waals surface area contributed by atoms with Crippen LogP contribution in [0.25, 0.3) is 32.0 Å². The van der Waals surface area contributed by atoms with Gasteiger partial charge in [0.25, 0.3) is 6.01 Å². The number of hydrogen-bond donors (Lipinski definition) is 1. The Labute approximate surface area is 362 Å². The molecule has 0 spiro atoms. The minimum absolute atomic E-state index is 0.0463. The van der Waals surface area contributed by atoms with Crippen LogP contribution in [0.2, 0.25) is 5.02 Å². The Morgan fingerprint density at radius 3 is 2.54 bits per heavy atom. The molecule has 1 N–H and O–H groups in total. The molecule has 5 heterocycles. The molecule has 0 saturated carbocycles. The number of carbonyl (C=O) groups is 1. The number of furan rings is 1. The number of benzene rings is 2. The standard InChI is InChI=1S/C39H37ClF4N6O6S.CH3I/c1-23-26(7-8-28(34(23)40)53-18-17-49-15-13-48(2)14-16-49)32-33-36(45-22-46-37(33)57-35(32)29-9-10-31(41)55-29)56-30(38(51)52)19-24-5-3-4-6-27(24)54-20-25-11-12-47-50(25)21-39(42,43)44;1-2/h3-12,22,30H,13-21H2,1-2H3,(H,51,52);1H3/i19D2;.